The summed E-state index contributed by atoms with van der Waals surface area (Å²) in [5.41, 5.74) is 0. The minimum atomic E-state index is -0.290. The van der Waals surface area contributed by atoms with Crippen molar-refractivity contribution in [2.75, 3.05) is 0 Å². The first-order valence-electron chi connectivity index (χ1n) is 4.52. The molecular formula is C11H11ClOS. The Balaban J connectivity index is 2.46. The summed E-state index contributed by atoms with van der Waals surface area (Å²) in [6, 6.07) is 7.96. The van der Waals surface area contributed by atoms with E-state index in [1.165, 1.54) is 9.58 Å². The van der Waals surface area contributed by atoms with E-state index in [0.717, 1.165) is 10.4 Å². The van der Waals surface area contributed by atoms with Crippen molar-refractivity contribution in [2.45, 2.75) is 19.4 Å². The van der Waals surface area contributed by atoms with Gasteiger partial charge >= 0.3 is 0 Å². The number of aliphatic hydroxyl groups excluding tert-OH is 1. The topological polar surface area (TPSA) is 20.2 Å². The number of rotatable bonds is 2. The standard InChI is InChI=1S/C11H11ClOS/c1-7(13)5-8-6-9-10(12)3-2-4-11(9)14-8/h2-4,6-7,13H,5H2,1H3. The maximum Gasteiger partial charge on any atom is 0.0560 e. The van der Waals surface area contributed by atoms with Gasteiger partial charge in [0.25, 0.3) is 0 Å². The Morgan fingerprint density at radius 3 is 2.93 bits per heavy atom. The van der Waals surface area contributed by atoms with E-state index in [9.17, 15) is 5.11 Å². The quantitative estimate of drug-likeness (QED) is 0.832. The Morgan fingerprint density at radius 1 is 1.50 bits per heavy atom. The fraction of sp³-hybridized carbons (Fsp3) is 0.273. The molecule has 1 heterocycles. The third kappa shape index (κ3) is 1.92. The Morgan fingerprint density at radius 2 is 2.29 bits per heavy atom. The molecule has 1 aromatic heterocycles. The van der Waals surface area contributed by atoms with Crippen molar-refractivity contribution in [3.05, 3.63) is 34.2 Å². The van der Waals surface area contributed by atoms with Crippen LogP contribution in [0.3, 0.4) is 0 Å². The molecule has 0 fully saturated rings. The SMILES string of the molecule is CC(O)Cc1cc2c(Cl)cccc2s1. The maximum atomic E-state index is 9.27. The van der Waals surface area contributed by atoms with Gasteiger partial charge < -0.3 is 5.11 Å². The van der Waals surface area contributed by atoms with Crippen molar-refractivity contribution in [1.82, 2.24) is 0 Å². The lowest BCUT2D eigenvalue weighted by atomic mass is 10.2. The van der Waals surface area contributed by atoms with Gasteiger partial charge in [-0.3, -0.25) is 0 Å². The molecule has 0 spiro atoms. The lowest BCUT2D eigenvalue weighted by Gasteiger charge is -1.98. The molecule has 0 bridgehead atoms. The zero-order valence-corrected chi connectivity index (χ0v) is 9.40. The molecule has 1 nitrogen and oxygen atoms in total. The van der Waals surface area contributed by atoms with E-state index in [1.54, 1.807) is 18.3 Å². The molecule has 0 aliphatic heterocycles. The minimum absolute atomic E-state index is 0.290. The molecule has 14 heavy (non-hydrogen) atoms. The summed E-state index contributed by atoms with van der Waals surface area (Å²) < 4.78 is 1.19. The number of hydrogen-bond acceptors (Lipinski definition) is 2. The predicted octanol–water partition coefficient (Wildman–Crippen LogP) is 3.48. The smallest absolute Gasteiger partial charge is 0.0560 e. The molecule has 0 amide bonds. The van der Waals surface area contributed by atoms with Crippen molar-refractivity contribution >= 4 is 33.0 Å². The molecular weight excluding hydrogens is 216 g/mol. The second-order valence-electron chi connectivity index (χ2n) is 3.42. The maximum absolute atomic E-state index is 9.27. The Hall–Kier alpha value is -0.570. The summed E-state index contributed by atoms with van der Waals surface area (Å²) in [7, 11) is 0. The van der Waals surface area contributed by atoms with Crippen molar-refractivity contribution in [3.63, 3.8) is 0 Å². The van der Waals surface area contributed by atoms with E-state index in [4.69, 9.17) is 11.6 Å². The number of benzene rings is 1. The Labute approximate surface area is 91.9 Å². The van der Waals surface area contributed by atoms with E-state index >= 15 is 0 Å². The molecule has 1 N–H and O–H groups in total. The van der Waals surface area contributed by atoms with Gasteiger partial charge in [0.2, 0.25) is 0 Å². The average molecular weight is 227 g/mol. The highest BCUT2D eigenvalue weighted by atomic mass is 35.5. The van der Waals surface area contributed by atoms with Crippen molar-refractivity contribution in [3.8, 4) is 0 Å². The molecule has 0 saturated carbocycles. The van der Waals surface area contributed by atoms with Crippen LogP contribution in [0.25, 0.3) is 10.1 Å². The largest absolute Gasteiger partial charge is 0.393 e. The zero-order valence-electron chi connectivity index (χ0n) is 7.83. The molecule has 2 rings (SSSR count). The van der Waals surface area contributed by atoms with Crippen LogP contribution in [0.1, 0.15) is 11.8 Å². The van der Waals surface area contributed by atoms with E-state index in [-0.39, 0.29) is 6.10 Å². The predicted molar refractivity (Wildman–Crippen MR) is 62.2 cm³/mol. The van der Waals surface area contributed by atoms with Crippen LogP contribution in [0.2, 0.25) is 5.02 Å². The van der Waals surface area contributed by atoms with Gasteiger partial charge in [-0.2, -0.15) is 0 Å². The number of hydrogen-bond donors (Lipinski definition) is 1. The van der Waals surface area contributed by atoms with E-state index in [1.807, 2.05) is 12.1 Å². The highest BCUT2D eigenvalue weighted by molar-refractivity contribution is 7.19. The Kier molecular flexibility index (Phi) is 2.77. The van der Waals surface area contributed by atoms with Gasteiger partial charge in [-0.05, 0) is 25.1 Å². The van der Waals surface area contributed by atoms with Crippen LogP contribution in [0, 0.1) is 0 Å². The fourth-order valence-corrected chi connectivity index (χ4v) is 2.96. The third-order valence-electron chi connectivity index (χ3n) is 2.06. The van der Waals surface area contributed by atoms with Crippen molar-refractivity contribution in [1.29, 1.82) is 0 Å². The van der Waals surface area contributed by atoms with Crippen LogP contribution in [0.4, 0.5) is 0 Å². The summed E-state index contributed by atoms with van der Waals surface area (Å²) >= 11 is 7.75. The molecule has 74 valence electrons. The molecule has 0 aliphatic rings. The number of aliphatic hydroxyl groups is 1. The molecule has 2 aromatic rings. The van der Waals surface area contributed by atoms with Gasteiger partial charge in [-0.25, -0.2) is 0 Å². The van der Waals surface area contributed by atoms with E-state index in [2.05, 4.69) is 12.1 Å². The van der Waals surface area contributed by atoms with Crippen LogP contribution in [0.15, 0.2) is 24.3 Å². The van der Waals surface area contributed by atoms with Gasteiger partial charge in [0, 0.05) is 26.4 Å². The van der Waals surface area contributed by atoms with Gasteiger partial charge in [0.15, 0.2) is 0 Å². The Bertz CT molecular complexity index is 447. The first-order valence-corrected chi connectivity index (χ1v) is 5.71. The molecule has 1 aromatic carbocycles. The first kappa shape index (κ1) is 9.97. The van der Waals surface area contributed by atoms with Crippen LogP contribution >= 0.6 is 22.9 Å². The monoisotopic (exact) mass is 226 g/mol. The summed E-state index contributed by atoms with van der Waals surface area (Å²) in [5, 5.41) is 11.2. The van der Waals surface area contributed by atoms with Crippen LogP contribution in [0.5, 0.6) is 0 Å². The summed E-state index contributed by atoms with van der Waals surface area (Å²) in [5.74, 6) is 0. The van der Waals surface area contributed by atoms with Crippen molar-refractivity contribution in [2.24, 2.45) is 0 Å². The van der Waals surface area contributed by atoms with E-state index < -0.39 is 0 Å². The van der Waals surface area contributed by atoms with Crippen LogP contribution in [-0.2, 0) is 6.42 Å². The average Bonchev–Trinajstić information content (AvgIpc) is 2.47. The number of fused-ring (bicyclic) bond motifs is 1. The number of thiophene rings is 1. The van der Waals surface area contributed by atoms with Crippen molar-refractivity contribution < 1.29 is 5.11 Å². The van der Waals surface area contributed by atoms with Gasteiger partial charge in [-0.1, -0.05) is 17.7 Å². The summed E-state index contributed by atoms with van der Waals surface area (Å²) in [4.78, 5) is 1.18. The van der Waals surface area contributed by atoms with Crippen LogP contribution < -0.4 is 0 Å². The zero-order chi connectivity index (χ0) is 10.1. The number of halogens is 1. The minimum Gasteiger partial charge on any atom is -0.393 e. The molecule has 1 unspecified atom stereocenters. The molecule has 3 heteroatoms. The molecule has 0 radical (unpaired) electrons. The lowest BCUT2D eigenvalue weighted by molar-refractivity contribution is 0.196. The highest BCUT2D eigenvalue weighted by Gasteiger charge is 2.06. The van der Waals surface area contributed by atoms with Gasteiger partial charge in [0.1, 0.15) is 0 Å². The molecule has 0 saturated heterocycles. The second kappa shape index (κ2) is 3.89. The summed E-state index contributed by atoms with van der Waals surface area (Å²) in [6.07, 6.45) is 0.414. The summed E-state index contributed by atoms with van der Waals surface area (Å²) in [6.45, 7) is 1.80. The highest BCUT2D eigenvalue weighted by Crippen LogP contribution is 2.31. The van der Waals surface area contributed by atoms with Gasteiger partial charge in [-0.15, -0.1) is 11.3 Å². The second-order valence-corrected chi connectivity index (χ2v) is 4.99. The van der Waals surface area contributed by atoms with Crippen LogP contribution in [-0.4, -0.2) is 11.2 Å². The molecule has 0 aliphatic carbocycles. The fourth-order valence-electron chi connectivity index (χ4n) is 1.47. The lowest BCUT2D eigenvalue weighted by Crippen LogP contribution is -2.01. The molecule has 1 atom stereocenters. The third-order valence-corrected chi connectivity index (χ3v) is 3.51. The first-order chi connectivity index (χ1) is 6.66. The van der Waals surface area contributed by atoms with E-state index in [0.29, 0.717) is 6.42 Å². The van der Waals surface area contributed by atoms with Gasteiger partial charge in [0.05, 0.1) is 6.10 Å². The normalized spacial score (nSPS) is 13.4.